The van der Waals surface area contributed by atoms with Crippen molar-refractivity contribution in [2.24, 2.45) is 5.92 Å². The van der Waals surface area contributed by atoms with Crippen LogP contribution in [0.5, 0.6) is 0 Å². The molecule has 1 atom stereocenters. The SMILES string of the molecule is CN(C)CCC(=O)N1CCN(C(=O)C(c2ccc(F)cc2)C2CC2)CC1. The van der Waals surface area contributed by atoms with E-state index in [0.29, 0.717) is 38.5 Å². The average Bonchev–Trinajstić information content (AvgIpc) is 3.46. The van der Waals surface area contributed by atoms with Crippen molar-refractivity contribution in [1.29, 1.82) is 0 Å². The molecule has 1 aromatic rings. The molecule has 1 aliphatic carbocycles. The van der Waals surface area contributed by atoms with Crippen LogP contribution in [0.2, 0.25) is 0 Å². The van der Waals surface area contributed by atoms with Crippen molar-refractivity contribution in [3.05, 3.63) is 35.6 Å². The van der Waals surface area contributed by atoms with E-state index in [1.54, 1.807) is 12.1 Å². The molecule has 0 aromatic heterocycles. The van der Waals surface area contributed by atoms with Gasteiger partial charge in [-0.3, -0.25) is 9.59 Å². The van der Waals surface area contributed by atoms with E-state index in [2.05, 4.69) is 0 Å². The van der Waals surface area contributed by atoms with Gasteiger partial charge in [-0.1, -0.05) is 12.1 Å². The Morgan fingerprint density at radius 3 is 2.19 bits per heavy atom. The maximum Gasteiger partial charge on any atom is 0.230 e. The second kappa shape index (κ2) is 8.16. The van der Waals surface area contributed by atoms with Crippen LogP contribution in [0.15, 0.2) is 24.3 Å². The number of piperazine rings is 1. The molecule has 1 saturated heterocycles. The molecular formula is C20H28FN3O2. The molecule has 26 heavy (non-hydrogen) atoms. The van der Waals surface area contributed by atoms with Gasteiger partial charge in [0.1, 0.15) is 5.82 Å². The predicted octanol–water partition coefficient (Wildman–Crippen LogP) is 1.94. The van der Waals surface area contributed by atoms with Gasteiger partial charge in [-0.05, 0) is 50.6 Å². The standard InChI is InChI=1S/C20H28FN3O2/c1-22(2)10-9-18(25)23-11-13-24(14-12-23)20(26)19(15-3-4-15)16-5-7-17(21)8-6-16/h5-8,15,19H,3-4,9-14H2,1-2H3. The van der Waals surface area contributed by atoms with Crippen molar-refractivity contribution in [3.8, 4) is 0 Å². The van der Waals surface area contributed by atoms with Crippen molar-refractivity contribution in [2.45, 2.75) is 25.2 Å². The highest BCUT2D eigenvalue weighted by Crippen LogP contribution is 2.43. The summed E-state index contributed by atoms with van der Waals surface area (Å²) in [4.78, 5) is 31.1. The van der Waals surface area contributed by atoms with E-state index < -0.39 is 0 Å². The lowest BCUT2D eigenvalue weighted by atomic mass is 9.92. The summed E-state index contributed by atoms with van der Waals surface area (Å²) in [6.07, 6.45) is 2.62. The van der Waals surface area contributed by atoms with E-state index in [9.17, 15) is 14.0 Å². The number of halogens is 1. The fraction of sp³-hybridized carbons (Fsp3) is 0.600. The topological polar surface area (TPSA) is 43.9 Å². The van der Waals surface area contributed by atoms with Gasteiger partial charge in [-0.25, -0.2) is 4.39 Å². The summed E-state index contributed by atoms with van der Waals surface area (Å²) in [6, 6.07) is 6.33. The number of nitrogens with zero attached hydrogens (tertiary/aromatic N) is 3. The van der Waals surface area contributed by atoms with Gasteiger partial charge in [0, 0.05) is 39.1 Å². The number of hydrogen-bond donors (Lipinski definition) is 0. The minimum Gasteiger partial charge on any atom is -0.339 e. The summed E-state index contributed by atoms with van der Waals surface area (Å²) in [5, 5.41) is 0. The summed E-state index contributed by atoms with van der Waals surface area (Å²) in [5.74, 6) is 0.197. The van der Waals surface area contributed by atoms with Crippen LogP contribution in [-0.2, 0) is 9.59 Å². The zero-order valence-electron chi connectivity index (χ0n) is 15.7. The largest absolute Gasteiger partial charge is 0.339 e. The van der Waals surface area contributed by atoms with Crippen LogP contribution in [0, 0.1) is 11.7 Å². The van der Waals surface area contributed by atoms with E-state index in [-0.39, 0.29) is 23.5 Å². The van der Waals surface area contributed by atoms with Crippen molar-refractivity contribution in [3.63, 3.8) is 0 Å². The molecule has 1 unspecified atom stereocenters. The molecule has 2 amide bonds. The molecule has 2 aliphatic rings. The van der Waals surface area contributed by atoms with Crippen molar-refractivity contribution >= 4 is 11.8 Å². The third kappa shape index (κ3) is 4.61. The third-order valence-electron chi connectivity index (χ3n) is 5.31. The number of carbonyl (C=O) groups excluding carboxylic acids is 2. The highest BCUT2D eigenvalue weighted by Gasteiger charge is 2.40. The molecule has 0 spiro atoms. The molecule has 2 fully saturated rings. The Balaban J connectivity index is 1.58. The van der Waals surface area contributed by atoms with Gasteiger partial charge >= 0.3 is 0 Å². The maximum absolute atomic E-state index is 13.2. The van der Waals surface area contributed by atoms with Crippen molar-refractivity contribution in [1.82, 2.24) is 14.7 Å². The molecular weight excluding hydrogens is 333 g/mol. The average molecular weight is 361 g/mol. The van der Waals surface area contributed by atoms with Crippen LogP contribution in [0.25, 0.3) is 0 Å². The third-order valence-corrected chi connectivity index (χ3v) is 5.31. The Morgan fingerprint density at radius 1 is 1.08 bits per heavy atom. The van der Waals surface area contributed by atoms with Gasteiger partial charge in [0.05, 0.1) is 5.92 Å². The summed E-state index contributed by atoms with van der Waals surface area (Å²) in [5.41, 5.74) is 0.906. The zero-order chi connectivity index (χ0) is 18.7. The molecule has 142 valence electrons. The lowest BCUT2D eigenvalue weighted by Crippen LogP contribution is -2.52. The molecule has 0 radical (unpaired) electrons. The molecule has 1 aliphatic heterocycles. The second-order valence-corrected chi connectivity index (χ2v) is 7.63. The van der Waals surface area contributed by atoms with Crippen LogP contribution in [0.4, 0.5) is 4.39 Å². The zero-order valence-corrected chi connectivity index (χ0v) is 15.7. The number of rotatable bonds is 6. The first-order valence-corrected chi connectivity index (χ1v) is 9.42. The summed E-state index contributed by atoms with van der Waals surface area (Å²) in [7, 11) is 3.91. The molecule has 1 heterocycles. The fourth-order valence-corrected chi connectivity index (χ4v) is 3.57. The molecule has 0 N–H and O–H groups in total. The van der Waals surface area contributed by atoms with E-state index in [1.165, 1.54) is 12.1 Å². The minimum atomic E-state index is -0.277. The number of carbonyl (C=O) groups is 2. The van der Waals surface area contributed by atoms with Crippen molar-refractivity contribution < 1.29 is 14.0 Å². The number of benzene rings is 1. The van der Waals surface area contributed by atoms with Gasteiger partial charge in [-0.2, -0.15) is 0 Å². The van der Waals surface area contributed by atoms with Crippen LogP contribution in [0.1, 0.15) is 30.7 Å². The lowest BCUT2D eigenvalue weighted by Gasteiger charge is -2.37. The van der Waals surface area contributed by atoms with Gasteiger partial charge in [-0.15, -0.1) is 0 Å². The quantitative estimate of drug-likeness (QED) is 0.778. The normalized spacial score (nSPS) is 18.9. The predicted molar refractivity (Wildman–Crippen MR) is 98.2 cm³/mol. The second-order valence-electron chi connectivity index (χ2n) is 7.63. The van der Waals surface area contributed by atoms with E-state index in [1.807, 2.05) is 28.8 Å². The first-order chi connectivity index (χ1) is 12.5. The van der Waals surface area contributed by atoms with Gasteiger partial charge in [0.2, 0.25) is 11.8 Å². The molecule has 0 bridgehead atoms. The van der Waals surface area contributed by atoms with E-state index >= 15 is 0 Å². The Kier molecular flexibility index (Phi) is 5.91. The van der Waals surface area contributed by atoms with Gasteiger partial charge < -0.3 is 14.7 Å². The smallest absolute Gasteiger partial charge is 0.230 e. The summed E-state index contributed by atoms with van der Waals surface area (Å²) < 4.78 is 13.2. The molecule has 1 aromatic carbocycles. The van der Waals surface area contributed by atoms with E-state index in [4.69, 9.17) is 0 Å². The summed E-state index contributed by atoms with van der Waals surface area (Å²) in [6.45, 7) is 3.10. The lowest BCUT2D eigenvalue weighted by molar-refractivity contribution is -0.140. The van der Waals surface area contributed by atoms with E-state index in [0.717, 1.165) is 24.9 Å². The monoisotopic (exact) mass is 361 g/mol. The Hall–Kier alpha value is -1.95. The van der Waals surface area contributed by atoms with Crippen LogP contribution >= 0.6 is 0 Å². The first kappa shape index (κ1) is 18.8. The van der Waals surface area contributed by atoms with Crippen molar-refractivity contribution in [2.75, 3.05) is 46.8 Å². The molecule has 5 nitrogen and oxygen atoms in total. The summed E-state index contributed by atoms with van der Waals surface area (Å²) >= 11 is 0. The number of hydrogen-bond acceptors (Lipinski definition) is 3. The van der Waals surface area contributed by atoms with Crippen LogP contribution in [-0.4, -0.2) is 73.3 Å². The molecule has 6 heteroatoms. The highest BCUT2D eigenvalue weighted by molar-refractivity contribution is 5.85. The Bertz CT molecular complexity index is 635. The Morgan fingerprint density at radius 2 is 1.65 bits per heavy atom. The van der Waals surface area contributed by atoms with Gasteiger partial charge in [0.15, 0.2) is 0 Å². The number of amides is 2. The van der Waals surface area contributed by atoms with Gasteiger partial charge in [0.25, 0.3) is 0 Å². The Labute approximate surface area is 154 Å². The highest BCUT2D eigenvalue weighted by atomic mass is 19.1. The molecule has 3 rings (SSSR count). The minimum absolute atomic E-state index is 0.125. The van der Waals surface area contributed by atoms with Crippen LogP contribution < -0.4 is 0 Å². The maximum atomic E-state index is 13.2. The first-order valence-electron chi connectivity index (χ1n) is 9.42. The fourth-order valence-electron chi connectivity index (χ4n) is 3.57. The van der Waals surface area contributed by atoms with Crippen LogP contribution in [0.3, 0.4) is 0 Å². The molecule has 1 saturated carbocycles.